The maximum Gasteiger partial charge on any atom is 0.237 e. The van der Waals surface area contributed by atoms with E-state index in [1.807, 2.05) is 13.8 Å². The van der Waals surface area contributed by atoms with Crippen LogP contribution in [0.4, 0.5) is 0 Å². The van der Waals surface area contributed by atoms with E-state index in [0.717, 1.165) is 38.3 Å². The molecule has 112 valence electrons. The van der Waals surface area contributed by atoms with Gasteiger partial charge < -0.3 is 16.0 Å². The summed E-state index contributed by atoms with van der Waals surface area (Å²) in [7, 11) is 0. The Kier molecular flexibility index (Phi) is 6.80. The summed E-state index contributed by atoms with van der Waals surface area (Å²) >= 11 is 0. The van der Waals surface area contributed by atoms with Gasteiger partial charge in [-0.15, -0.1) is 0 Å². The molecule has 0 radical (unpaired) electrons. The molecule has 0 spiro atoms. The lowest BCUT2D eigenvalue weighted by atomic mass is 9.93. The number of piperidine rings is 1. The van der Waals surface area contributed by atoms with Gasteiger partial charge >= 0.3 is 0 Å². The molecular formula is C15H31N3O. The SMILES string of the molecule is CCNC(C)(CCCCN1CCC(C)CC1)C(N)=O. The number of carbonyl (C=O) groups excluding carboxylic acids is 1. The predicted molar refractivity (Wildman–Crippen MR) is 80.0 cm³/mol. The highest BCUT2D eigenvalue weighted by molar-refractivity contribution is 5.84. The Morgan fingerprint density at radius 2 is 2.00 bits per heavy atom. The second-order valence-electron chi connectivity index (χ2n) is 6.21. The summed E-state index contributed by atoms with van der Waals surface area (Å²) in [6.07, 6.45) is 5.70. The molecule has 1 aliphatic heterocycles. The smallest absolute Gasteiger partial charge is 0.237 e. The van der Waals surface area contributed by atoms with Gasteiger partial charge in [-0.25, -0.2) is 0 Å². The fourth-order valence-electron chi connectivity index (χ4n) is 2.79. The molecule has 1 rings (SSSR count). The summed E-state index contributed by atoms with van der Waals surface area (Å²) in [4.78, 5) is 14.0. The van der Waals surface area contributed by atoms with Crippen LogP contribution in [0.1, 0.15) is 52.9 Å². The molecule has 4 nitrogen and oxygen atoms in total. The molecule has 0 aromatic heterocycles. The lowest BCUT2D eigenvalue weighted by Gasteiger charge is -2.31. The fourth-order valence-corrected chi connectivity index (χ4v) is 2.79. The van der Waals surface area contributed by atoms with Crippen LogP contribution in [0.2, 0.25) is 0 Å². The lowest BCUT2D eigenvalue weighted by molar-refractivity contribution is -0.124. The van der Waals surface area contributed by atoms with Crippen LogP contribution in [0.3, 0.4) is 0 Å². The molecule has 0 aliphatic carbocycles. The van der Waals surface area contributed by atoms with Gasteiger partial charge in [-0.1, -0.05) is 13.8 Å². The Morgan fingerprint density at radius 3 is 2.53 bits per heavy atom. The number of nitrogens with one attached hydrogen (secondary N) is 1. The second-order valence-corrected chi connectivity index (χ2v) is 6.21. The Morgan fingerprint density at radius 1 is 1.37 bits per heavy atom. The van der Waals surface area contributed by atoms with Crippen LogP contribution in [0, 0.1) is 5.92 Å². The van der Waals surface area contributed by atoms with E-state index in [0.29, 0.717) is 0 Å². The molecule has 1 aliphatic rings. The third-order valence-electron chi connectivity index (χ3n) is 4.39. The number of carbonyl (C=O) groups is 1. The van der Waals surface area contributed by atoms with Crippen molar-refractivity contribution >= 4 is 5.91 Å². The van der Waals surface area contributed by atoms with Crippen LogP contribution in [0.25, 0.3) is 0 Å². The normalized spacial score (nSPS) is 21.2. The van der Waals surface area contributed by atoms with E-state index < -0.39 is 5.54 Å². The van der Waals surface area contributed by atoms with Crippen LogP contribution < -0.4 is 11.1 Å². The largest absolute Gasteiger partial charge is 0.368 e. The van der Waals surface area contributed by atoms with Crippen molar-refractivity contribution in [3.8, 4) is 0 Å². The Labute approximate surface area is 118 Å². The summed E-state index contributed by atoms with van der Waals surface area (Å²) in [5, 5.41) is 3.21. The first-order valence-corrected chi connectivity index (χ1v) is 7.75. The third kappa shape index (κ3) is 5.49. The molecular weight excluding hydrogens is 238 g/mol. The standard InChI is InChI=1S/C15H31N3O/c1-4-17-15(3,14(16)19)9-5-6-10-18-11-7-13(2)8-12-18/h13,17H,4-12H2,1-3H3,(H2,16,19). The Balaban J connectivity index is 2.20. The van der Waals surface area contributed by atoms with Gasteiger partial charge in [-0.3, -0.25) is 4.79 Å². The van der Waals surface area contributed by atoms with Gasteiger partial charge in [0.25, 0.3) is 0 Å². The van der Waals surface area contributed by atoms with Crippen LogP contribution >= 0.6 is 0 Å². The van der Waals surface area contributed by atoms with Crippen molar-refractivity contribution in [1.82, 2.24) is 10.2 Å². The van der Waals surface area contributed by atoms with E-state index in [4.69, 9.17) is 5.73 Å². The molecule has 1 fully saturated rings. The number of amides is 1. The van der Waals surface area contributed by atoms with E-state index in [-0.39, 0.29) is 5.91 Å². The molecule has 1 amide bonds. The van der Waals surface area contributed by atoms with E-state index in [1.54, 1.807) is 0 Å². The number of likely N-dealkylation sites (tertiary alicyclic amines) is 1. The number of hydrogen-bond donors (Lipinski definition) is 2. The minimum atomic E-state index is -0.537. The molecule has 3 N–H and O–H groups in total. The molecule has 0 aromatic rings. The zero-order valence-corrected chi connectivity index (χ0v) is 12.9. The predicted octanol–water partition coefficient (Wildman–Crippen LogP) is 1.74. The van der Waals surface area contributed by atoms with Gasteiger partial charge in [0.05, 0.1) is 5.54 Å². The molecule has 19 heavy (non-hydrogen) atoms. The van der Waals surface area contributed by atoms with Crippen molar-refractivity contribution in [2.24, 2.45) is 11.7 Å². The molecule has 0 saturated carbocycles. The van der Waals surface area contributed by atoms with E-state index >= 15 is 0 Å². The molecule has 0 bridgehead atoms. The number of likely N-dealkylation sites (N-methyl/N-ethyl adjacent to an activating group) is 1. The number of nitrogens with two attached hydrogens (primary N) is 1. The average molecular weight is 269 g/mol. The van der Waals surface area contributed by atoms with Crippen molar-refractivity contribution in [1.29, 1.82) is 0 Å². The average Bonchev–Trinajstić information content (AvgIpc) is 2.37. The van der Waals surface area contributed by atoms with Crippen molar-refractivity contribution < 1.29 is 4.79 Å². The zero-order chi connectivity index (χ0) is 14.3. The summed E-state index contributed by atoms with van der Waals surface area (Å²) in [5.74, 6) is 0.657. The summed E-state index contributed by atoms with van der Waals surface area (Å²) < 4.78 is 0. The van der Waals surface area contributed by atoms with Gasteiger partial charge in [0.15, 0.2) is 0 Å². The fraction of sp³-hybridized carbons (Fsp3) is 0.933. The van der Waals surface area contributed by atoms with Crippen LogP contribution in [0.5, 0.6) is 0 Å². The molecule has 1 heterocycles. The van der Waals surface area contributed by atoms with Gasteiger partial charge in [0, 0.05) is 0 Å². The number of rotatable bonds is 8. The molecule has 4 heteroatoms. The van der Waals surface area contributed by atoms with Crippen molar-refractivity contribution in [3.63, 3.8) is 0 Å². The monoisotopic (exact) mass is 269 g/mol. The summed E-state index contributed by atoms with van der Waals surface area (Å²) in [5.41, 5.74) is 4.95. The second kappa shape index (κ2) is 7.85. The molecule has 1 saturated heterocycles. The third-order valence-corrected chi connectivity index (χ3v) is 4.39. The molecule has 0 aromatic carbocycles. The summed E-state index contributed by atoms with van der Waals surface area (Å²) in [6, 6.07) is 0. The Hall–Kier alpha value is -0.610. The van der Waals surface area contributed by atoms with Gasteiger partial charge in [-0.05, 0) is 71.1 Å². The summed E-state index contributed by atoms with van der Waals surface area (Å²) in [6.45, 7) is 10.7. The first kappa shape index (κ1) is 16.4. The highest BCUT2D eigenvalue weighted by Crippen LogP contribution is 2.18. The first-order valence-electron chi connectivity index (χ1n) is 7.75. The quantitative estimate of drug-likeness (QED) is 0.660. The lowest BCUT2D eigenvalue weighted by Crippen LogP contribution is -2.53. The van der Waals surface area contributed by atoms with E-state index in [1.165, 1.54) is 25.9 Å². The minimum absolute atomic E-state index is 0.235. The highest BCUT2D eigenvalue weighted by Gasteiger charge is 2.29. The van der Waals surface area contributed by atoms with Gasteiger partial charge in [-0.2, -0.15) is 0 Å². The number of unbranched alkanes of at least 4 members (excludes halogenated alkanes) is 1. The number of hydrogen-bond acceptors (Lipinski definition) is 3. The first-order chi connectivity index (χ1) is 8.98. The van der Waals surface area contributed by atoms with Crippen molar-refractivity contribution in [2.75, 3.05) is 26.2 Å². The molecule has 1 atom stereocenters. The van der Waals surface area contributed by atoms with Crippen LogP contribution in [0.15, 0.2) is 0 Å². The maximum atomic E-state index is 11.5. The minimum Gasteiger partial charge on any atom is -0.368 e. The topological polar surface area (TPSA) is 58.4 Å². The van der Waals surface area contributed by atoms with Gasteiger partial charge in [0.1, 0.15) is 0 Å². The van der Waals surface area contributed by atoms with Gasteiger partial charge in [0.2, 0.25) is 5.91 Å². The van der Waals surface area contributed by atoms with Crippen LogP contribution in [-0.4, -0.2) is 42.5 Å². The van der Waals surface area contributed by atoms with E-state index in [9.17, 15) is 4.79 Å². The molecule has 1 unspecified atom stereocenters. The van der Waals surface area contributed by atoms with Crippen molar-refractivity contribution in [3.05, 3.63) is 0 Å². The number of primary amides is 1. The maximum absolute atomic E-state index is 11.5. The van der Waals surface area contributed by atoms with Crippen molar-refractivity contribution in [2.45, 2.75) is 58.4 Å². The zero-order valence-electron chi connectivity index (χ0n) is 12.9. The van der Waals surface area contributed by atoms with Crippen LogP contribution in [-0.2, 0) is 4.79 Å². The highest BCUT2D eigenvalue weighted by atomic mass is 16.1. The van der Waals surface area contributed by atoms with E-state index in [2.05, 4.69) is 17.1 Å². The number of nitrogens with zero attached hydrogens (tertiary/aromatic N) is 1. The Bertz CT molecular complexity index is 275.